The van der Waals surface area contributed by atoms with Gasteiger partial charge in [0.25, 0.3) is 0 Å². The molecule has 1 amide bonds. The Hall–Kier alpha value is -2.33. The van der Waals surface area contributed by atoms with E-state index in [0.29, 0.717) is 0 Å². The maximum Gasteiger partial charge on any atom is 0.221 e. The molecule has 4 heteroatoms. The number of rotatable bonds is 6. The quantitative estimate of drug-likeness (QED) is 0.860. The van der Waals surface area contributed by atoms with E-state index in [0.717, 1.165) is 30.1 Å². The Balaban J connectivity index is 1.91. The summed E-state index contributed by atoms with van der Waals surface area (Å²) in [6.07, 6.45) is 0. The SMILES string of the molecule is COc1ccc(C)cc1CNCc1ccc(NC(C)=O)cc1. The normalized spacial score (nSPS) is 10.3. The second-order valence-electron chi connectivity index (χ2n) is 5.30. The maximum atomic E-state index is 11.0. The van der Waals surface area contributed by atoms with Crippen molar-refractivity contribution in [1.29, 1.82) is 0 Å². The van der Waals surface area contributed by atoms with E-state index in [4.69, 9.17) is 4.74 Å². The van der Waals surface area contributed by atoms with E-state index in [-0.39, 0.29) is 5.91 Å². The Morgan fingerprint density at radius 3 is 2.45 bits per heavy atom. The van der Waals surface area contributed by atoms with Crippen LogP contribution in [0.4, 0.5) is 5.69 Å². The highest BCUT2D eigenvalue weighted by molar-refractivity contribution is 5.88. The fourth-order valence-corrected chi connectivity index (χ4v) is 2.30. The zero-order valence-corrected chi connectivity index (χ0v) is 13.3. The van der Waals surface area contributed by atoms with Gasteiger partial charge in [0.15, 0.2) is 0 Å². The van der Waals surface area contributed by atoms with Crippen LogP contribution < -0.4 is 15.4 Å². The average Bonchev–Trinajstić information content (AvgIpc) is 2.49. The van der Waals surface area contributed by atoms with Crippen LogP contribution in [-0.4, -0.2) is 13.0 Å². The number of anilines is 1. The Kier molecular flexibility index (Phi) is 5.55. The largest absolute Gasteiger partial charge is 0.496 e. The van der Waals surface area contributed by atoms with Crippen molar-refractivity contribution < 1.29 is 9.53 Å². The van der Waals surface area contributed by atoms with Gasteiger partial charge in [0, 0.05) is 31.3 Å². The molecule has 0 atom stereocenters. The lowest BCUT2D eigenvalue weighted by molar-refractivity contribution is -0.114. The minimum atomic E-state index is -0.0579. The Labute approximate surface area is 131 Å². The first kappa shape index (κ1) is 16.0. The van der Waals surface area contributed by atoms with Gasteiger partial charge in [0.2, 0.25) is 5.91 Å². The van der Waals surface area contributed by atoms with Crippen LogP contribution in [0.15, 0.2) is 42.5 Å². The van der Waals surface area contributed by atoms with Gasteiger partial charge in [-0.05, 0) is 30.7 Å². The average molecular weight is 298 g/mol. The molecule has 2 aromatic rings. The van der Waals surface area contributed by atoms with Gasteiger partial charge in [-0.25, -0.2) is 0 Å². The Bertz CT molecular complexity index is 636. The van der Waals surface area contributed by atoms with Gasteiger partial charge in [-0.3, -0.25) is 4.79 Å². The maximum absolute atomic E-state index is 11.0. The minimum Gasteiger partial charge on any atom is -0.496 e. The summed E-state index contributed by atoms with van der Waals surface area (Å²) >= 11 is 0. The van der Waals surface area contributed by atoms with Crippen LogP contribution in [0.3, 0.4) is 0 Å². The molecule has 2 aromatic carbocycles. The molecule has 0 bridgehead atoms. The highest BCUT2D eigenvalue weighted by Gasteiger charge is 2.03. The van der Waals surface area contributed by atoms with Crippen molar-refractivity contribution in [1.82, 2.24) is 5.32 Å². The number of nitrogens with one attached hydrogen (secondary N) is 2. The molecule has 0 unspecified atom stereocenters. The van der Waals surface area contributed by atoms with E-state index in [1.165, 1.54) is 18.1 Å². The summed E-state index contributed by atoms with van der Waals surface area (Å²) < 4.78 is 5.38. The van der Waals surface area contributed by atoms with E-state index in [9.17, 15) is 4.79 Å². The van der Waals surface area contributed by atoms with E-state index < -0.39 is 0 Å². The molecule has 0 aliphatic carbocycles. The molecule has 22 heavy (non-hydrogen) atoms. The van der Waals surface area contributed by atoms with Crippen molar-refractivity contribution in [3.8, 4) is 5.75 Å². The number of carbonyl (C=O) groups excluding carboxylic acids is 1. The first-order valence-corrected chi connectivity index (χ1v) is 7.29. The Morgan fingerprint density at radius 1 is 1.09 bits per heavy atom. The van der Waals surface area contributed by atoms with E-state index >= 15 is 0 Å². The molecule has 2 N–H and O–H groups in total. The van der Waals surface area contributed by atoms with Crippen molar-refractivity contribution in [3.63, 3.8) is 0 Å². The van der Waals surface area contributed by atoms with Crippen molar-refractivity contribution >= 4 is 11.6 Å². The van der Waals surface area contributed by atoms with Gasteiger partial charge in [0.1, 0.15) is 5.75 Å². The third-order valence-corrected chi connectivity index (χ3v) is 3.35. The highest BCUT2D eigenvalue weighted by Crippen LogP contribution is 2.19. The van der Waals surface area contributed by atoms with Crippen molar-refractivity contribution in [2.75, 3.05) is 12.4 Å². The summed E-state index contributed by atoms with van der Waals surface area (Å²) in [7, 11) is 1.69. The van der Waals surface area contributed by atoms with E-state index in [1.54, 1.807) is 7.11 Å². The number of aryl methyl sites for hydroxylation is 1. The number of carbonyl (C=O) groups is 1. The summed E-state index contributed by atoms with van der Waals surface area (Å²) in [5, 5.41) is 6.17. The number of hydrogen-bond donors (Lipinski definition) is 2. The standard InChI is InChI=1S/C18H22N2O2/c1-13-4-9-18(22-3)16(10-13)12-19-11-15-5-7-17(8-6-15)20-14(2)21/h4-10,19H,11-12H2,1-3H3,(H,20,21). The highest BCUT2D eigenvalue weighted by atomic mass is 16.5. The zero-order chi connectivity index (χ0) is 15.9. The molecule has 116 valence electrons. The van der Waals surface area contributed by atoms with Crippen molar-refractivity contribution in [3.05, 3.63) is 59.2 Å². The molecule has 0 aliphatic rings. The predicted octanol–water partition coefficient (Wildman–Crippen LogP) is 3.25. The third kappa shape index (κ3) is 4.60. The first-order chi connectivity index (χ1) is 10.6. The van der Waals surface area contributed by atoms with Crippen LogP contribution in [0, 0.1) is 6.92 Å². The van der Waals surface area contributed by atoms with Gasteiger partial charge >= 0.3 is 0 Å². The van der Waals surface area contributed by atoms with Gasteiger partial charge < -0.3 is 15.4 Å². The fourth-order valence-electron chi connectivity index (χ4n) is 2.30. The van der Waals surface area contributed by atoms with Gasteiger partial charge in [-0.2, -0.15) is 0 Å². The number of benzene rings is 2. The van der Waals surface area contributed by atoms with Crippen LogP contribution >= 0.6 is 0 Å². The second kappa shape index (κ2) is 7.61. The molecule has 0 spiro atoms. The Morgan fingerprint density at radius 2 is 1.82 bits per heavy atom. The lowest BCUT2D eigenvalue weighted by Crippen LogP contribution is -2.13. The molecular formula is C18H22N2O2. The van der Waals surface area contributed by atoms with Gasteiger partial charge in [-0.15, -0.1) is 0 Å². The molecular weight excluding hydrogens is 276 g/mol. The van der Waals surface area contributed by atoms with Crippen LogP contribution in [0.1, 0.15) is 23.6 Å². The number of ether oxygens (including phenoxy) is 1. The van der Waals surface area contributed by atoms with Crippen LogP contribution in [0.2, 0.25) is 0 Å². The zero-order valence-electron chi connectivity index (χ0n) is 13.3. The smallest absolute Gasteiger partial charge is 0.221 e. The van der Waals surface area contributed by atoms with Crippen molar-refractivity contribution in [2.24, 2.45) is 0 Å². The van der Waals surface area contributed by atoms with Crippen LogP contribution in [0.5, 0.6) is 5.75 Å². The number of methoxy groups -OCH3 is 1. The summed E-state index contributed by atoms with van der Waals surface area (Å²) in [4.78, 5) is 11.0. The van der Waals surface area contributed by atoms with Gasteiger partial charge in [0.05, 0.1) is 7.11 Å². The number of amides is 1. The van der Waals surface area contributed by atoms with E-state index in [1.807, 2.05) is 36.4 Å². The summed E-state index contributed by atoms with van der Waals surface area (Å²) in [6, 6.07) is 14.0. The molecule has 0 aromatic heterocycles. The van der Waals surface area contributed by atoms with Gasteiger partial charge in [-0.1, -0.05) is 29.8 Å². The van der Waals surface area contributed by atoms with Crippen molar-refractivity contribution in [2.45, 2.75) is 26.9 Å². The predicted molar refractivity (Wildman–Crippen MR) is 89.0 cm³/mol. The first-order valence-electron chi connectivity index (χ1n) is 7.29. The molecule has 0 aliphatic heterocycles. The molecule has 0 saturated heterocycles. The molecule has 0 heterocycles. The lowest BCUT2D eigenvalue weighted by Gasteiger charge is -2.11. The molecule has 0 fully saturated rings. The van der Waals surface area contributed by atoms with E-state index in [2.05, 4.69) is 23.6 Å². The summed E-state index contributed by atoms with van der Waals surface area (Å²) in [5.41, 5.74) is 4.35. The molecule has 0 saturated carbocycles. The minimum absolute atomic E-state index is 0.0579. The molecule has 0 radical (unpaired) electrons. The second-order valence-corrected chi connectivity index (χ2v) is 5.30. The third-order valence-electron chi connectivity index (χ3n) is 3.35. The lowest BCUT2D eigenvalue weighted by atomic mass is 10.1. The topological polar surface area (TPSA) is 50.4 Å². The summed E-state index contributed by atoms with van der Waals surface area (Å²) in [5.74, 6) is 0.844. The summed E-state index contributed by atoms with van der Waals surface area (Å²) in [6.45, 7) is 5.09. The fraction of sp³-hybridized carbons (Fsp3) is 0.278. The number of hydrogen-bond acceptors (Lipinski definition) is 3. The van der Waals surface area contributed by atoms with Crippen LogP contribution in [-0.2, 0) is 17.9 Å². The molecule has 2 rings (SSSR count). The van der Waals surface area contributed by atoms with Crippen LogP contribution in [0.25, 0.3) is 0 Å². The monoisotopic (exact) mass is 298 g/mol. The molecule has 4 nitrogen and oxygen atoms in total.